The predicted octanol–water partition coefficient (Wildman–Crippen LogP) is 2.50. The number of nitrogens with zero attached hydrogens (tertiary/aromatic N) is 6. The Balaban J connectivity index is 0.000000300. The quantitative estimate of drug-likeness (QED) is 0.0337. The minimum absolute atomic E-state index is 0.121. The Kier molecular flexibility index (Phi) is 20.9. The standard InChI is InChI=1S/C27H36N5O10P.C23H30N5O9P/c1-16(2)23(33)40-22-20(41-27(15-28,26(22,6)36)32-13-12-21(29)30-25(32)35)14-38-43(37,42-19-10-8-7-9-11-19)31-18(5)24(34)39-17(3)4;1-14(2)35-20(30)15(3)27-38(33,37-16-8-6-5-7-9-16)34-12-17-19(29)22(4,32)23(13-24,36-17)28-11-10-18(25)26-21(28)31/h7-13,16-18,20,22,36H,14H2,1-6H3,(H,31,37)(H2,29,30,35);5-11,14-15,17,19,29,32H,12H2,1-4H3,(H,27,33)(H2,25,26,31)/t18-,20+,22+,26+,27+,43-;15-,17+,19+,22+,23+,38-/m00/s1. The van der Waals surface area contributed by atoms with E-state index in [9.17, 15) is 58.9 Å². The molecule has 2 aromatic heterocycles. The first-order valence-electron chi connectivity index (χ1n) is 25.0. The van der Waals surface area contributed by atoms with Crippen LogP contribution in [0.2, 0.25) is 0 Å². The van der Waals surface area contributed by atoms with Gasteiger partial charge in [-0.2, -0.15) is 30.7 Å². The monoisotopic (exact) mass is 1170 g/mol. The van der Waals surface area contributed by atoms with Crippen LogP contribution in [0, 0.1) is 28.6 Å². The molecule has 12 atom stereocenters. The molecule has 0 bridgehead atoms. The summed E-state index contributed by atoms with van der Waals surface area (Å²) in [5.74, 6) is -2.90. The molecule has 2 fully saturated rings. The number of hydrogen-bond donors (Lipinski definition) is 7. The minimum Gasteiger partial charge on any atom is -0.462 e. The van der Waals surface area contributed by atoms with E-state index in [0.717, 1.165) is 26.2 Å². The van der Waals surface area contributed by atoms with Gasteiger partial charge in [-0.1, -0.05) is 50.2 Å². The molecule has 2 aliphatic heterocycles. The molecule has 6 rings (SSSR count). The summed E-state index contributed by atoms with van der Waals surface area (Å²) in [6.07, 6.45) is -5.11. The van der Waals surface area contributed by atoms with Crippen LogP contribution < -0.4 is 42.1 Å². The average Bonchev–Trinajstić information content (AvgIpc) is 3.36. The Morgan fingerprint density at radius 2 is 1.05 bits per heavy atom. The summed E-state index contributed by atoms with van der Waals surface area (Å²) >= 11 is 0. The van der Waals surface area contributed by atoms with Crippen molar-refractivity contribution in [1.29, 1.82) is 10.5 Å². The summed E-state index contributed by atoms with van der Waals surface area (Å²) in [6, 6.07) is 19.5. The number of nitrogen functional groups attached to an aromatic ring is 2. The Hall–Kier alpha value is -7.11. The normalized spacial score (nSPS) is 26.3. The van der Waals surface area contributed by atoms with Gasteiger partial charge in [0.15, 0.2) is 17.3 Å². The number of benzene rings is 2. The molecule has 9 N–H and O–H groups in total. The Morgan fingerprint density at radius 1 is 0.667 bits per heavy atom. The molecule has 0 radical (unpaired) electrons. The average molecular weight is 1170 g/mol. The lowest BCUT2D eigenvalue weighted by Crippen LogP contribution is -2.58. The highest BCUT2D eigenvalue weighted by Crippen LogP contribution is 2.50. The molecular formula is C50H66N10O19P2. The van der Waals surface area contributed by atoms with Crippen LogP contribution in [-0.2, 0) is 67.7 Å². The van der Waals surface area contributed by atoms with E-state index >= 15 is 0 Å². The van der Waals surface area contributed by atoms with Crippen molar-refractivity contribution >= 4 is 45.0 Å². The van der Waals surface area contributed by atoms with Crippen molar-refractivity contribution in [3.8, 4) is 23.6 Å². The van der Waals surface area contributed by atoms with E-state index in [1.54, 1.807) is 90.1 Å². The van der Waals surface area contributed by atoms with Crippen LogP contribution in [-0.4, -0.2) is 125 Å². The lowest BCUT2D eigenvalue weighted by atomic mass is 9.88. The zero-order chi connectivity index (χ0) is 60.5. The third-order valence-corrected chi connectivity index (χ3v) is 15.3. The van der Waals surface area contributed by atoms with Gasteiger partial charge in [0.1, 0.15) is 65.7 Å². The van der Waals surface area contributed by atoms with Crippen LogP contribution in [0.25, 0.3) is 0 Å². The minimum atomic E-state index is -4.44. The third kappa shape index (κ3) is 14.9. The van der Waals surface area contributed by atoms with E-state index in [4.69, 9.17) is 53.2 Å². The summed E-state index contributed by atoms with van der Waals surface area (Å²) in [5, 5.41) is 58.9. The number of carbonyl (C=O) groups excluding carboxylic acids is 3. The molecule has 31 heteroatoms. The first kappa shape index (κ1) is 64.7. The summed E-state index contributed by atoms with van der Waals surface area (Å²) in [5.41, 5.74) is -0.613. The van der Waals surface area contributed by atoms with Gasteiger partial charge >= 0.3 is 44.8 Å². The molecule has 0 unspecified atom stereocenters. The van der Waals surface area contributed by atoms with Crippen molar-refractivity contribution < 1.29 is 80.6 Å². The first-order valence-corrected chi connectivity index (χ1v) is 28.1. The van der Waals surface area contributed by atoms with Crippen molar-refractivity contribution in [2.24, 2.45) is 5.92 Å². The number of nitrogens with one attached hydrogen (secondary N) is 2. The van der Waals surface area contributed by atoms with Crippen molar-refractivity contribution in [3.05, 3.63) is 106 Å². The Morgan fingerprint density at radius 3 is 1.42 bits per heavy atom. The number of aliphatic hydroxyl groups excluding tert-OH is 1. The fraction of sp³-hybridized carbons (Fsp3) is 0.500. The highest BCUT2D eigenvalue weighted by atomic mass is 31.2. The van der Waals surface area contributed by atoms with E-state index in [2.05, 4.69) is 20.1 Å². The molecule has 4 heterocycles. The van der Waals surface area contributed by atoms with Gasteiger partial charge in [-0.25, -0.2) is 18.7 Å². The number of rotatable bonds is 22. The summed E-state index contributed by atoms with van der Waals surface area (Å²) < 4.78 is 78.9. The van der Waals surface area contributed by atoms with Gasteiger partial charge in [0.05, 0.1) is 31.3 Å². The summed E-state index contributed by atoms with van der Waals surface area (Å²) in [7, 11) is -8.80. The molecule has 4 aromatic rings. The molecule has 29 nitrogen and oxygen atoms in total. The maximum Gasteiger partial charge on any atom is 0.459 e. The van der Waals surface area contributed by atoms with Gasteiger partial charge in [-0.3, -0.25) is 32.6 Å². The maximum absolute atomic E-state index is 14.0. The smallest absolute Gasteiger partial charge is 0.459 e. The maximum atomic E-state index is 14.0. The molecule has 440 valence electrons. The molecule has 0 aliphatic carbocycles. The lowest BCUT2D eigenvalue weighted by molar-refractivity contribution is -0.173. The molecule has 0 amide bonds. The number of para-hydroxylation sites is 2. The number of ether oxygens (including phenoxy) is 5. The fourth-order valence-electron chi connectivity index (χ4n) is 7.93. The van der Waals surface area contributed by atoms with Crippen LogP contribution in [0.3, 0.4) is 0 Å². The second-order valence-electron chi connectivity index (χ2n) is 19.7. The second-order valence-corrected chi connectivity index (χ2v) is 23.0. The highest BCUT2D eigenvalue weighted by molar-refractivity contribution is 7.52. The van der Waals surface area contributed by atoms with Crippen LogP contribution in [0.5, 0.6) is 11.5 Å². The number of hydrogen-bond acceptors (Lipinski definition) is 25. The number of anilines is 2. The number of aliphatic hydroxyl groups is 3. The van der Waals surface area contributed by atoms with Crippen LogP contribution in [0.15, 0.2) is 94.8 Å². The molecule has 2 aromatic carbocycles. The largest absolute Gasteiger partial charge is 0.462 e. The van der Waals surface area contributed by atoms with E-state index in [1.165, 1.54) is 50.2 Å². The number of carbonyl (C=O) groups is 3. The topological polar surface area (TPSA) is 423 Å². The Bertz CT molecular complexity index is 3170. The van der Waals surface area contributed by atoms with E-state index < -0.39 is 135 Å². The molecule has 81 heavy (non-hydrogen) atoms. The number of esters is 3. The van der Waals surface area contributed by atoms with Crippen LogP contribution in [0.1, 0.15) is 69.2 Å². The zero-order valence-electron chi connectivity index (χ0n) is 45.8. The molecule has 0 saturated carbocycles. The van der Waals surface area contributed by atoms with Gasteiger partial charge in [0.25, 0.3) is 11.4 Å². The zero-order valence-corrected chi connectivity index (χ0v) is 47.6. The lowest BCUT2D eigenvalue weighted by Gasteiger charge is -2.35. The summed E-state index contributed by atoms with van der Waals surface area (Å²) in [6.45, 7) is 13.3. The van der Waals surface area contributed by atoms with Gasteiger partial charge in [-0.05, 0) is 91.8 Å². The van der Waals surface area contributed by atoms with Crippen LogP contribution >= 0.6 is 15.5 Å². The predicted molar refractivity (Wildman–Crippen MR) is 284 cm³/mol. The van der Waals surface area contributed by atoms with Crippen molar-refractivity contribution in [3.63, 3.8) is 0 Å². The van der Waals surface area contributed by atoms with Crippen LogP contribution in [0.4, 0.5) is 11.6 Å². The van der Waals surface area contributed by atoms with E-state index in [1.807, 2.05) is 0 Å². The van der Waals surface area contributed by atoms with Crippen molar-refractivity contribution in [2.45, 2.75) is 141 Å². The van der Waals surface area contributed by atoms with E-state index in [-0.39, 0.29) is 23.1 Å². The van der Waals surface area contributed by atoms with Gasteiger partial charge in [0, 0.05) is 12.4 Å². The molecule has 2 saturated heterocycles. The van der Waals surface area contributed by atoms with Gasteiger partial charge in [0.2, 0.25) is 0 Å². The Labute approximate surface area is 465 Å². The SMILES string of the molecule is CC(C)OC(=O)[C@H](C)N[P@](=O)(OC[C@H]1O[C@@](C#N)(n2ccc(N)nc2=O)[C@](C)(O)[C@@H]1O)Oc1ccccc1.CC(C)OC(=O)[C@H](C)N[P@](=O)(OC[C@H]1O[C@@](C#N)(n2ccc(N)nc2=O)[C@](C)(O)[C@@H]1OC(=O)C(C)C)Oc1ccccc1. The second kappa shape index (κ2) is 26.2. The fourth-order valence-corrected chi connectivity index (χ4v) is 10.9. The third-order valence-electron chi connectivity index (χ3n) is 12.1. The molecule has 0 spiro atoms. The first-order chi connectivity index (χ1) is 37.8. The molecule has 2 aliphatic rings. The van der Waals surface area contributed by atoms with Crippen molar-refractivity contribution in [1.82, 2.24) is 29.3 Å². The highest BCUT2D eigenvalue weighted by Gasteiger charge is 2.68. The molecular weight excluding hydrogens is 1110 g/mol. The number of nitriles is 2. The van der Waals surface area contributed by atoms with Crippen molar-refractivity contribution in [2.75, 3.05) is 24.7 Å². The number of nitrogens with two attached hydrogens (primary N) is 2. The summed E-state index contributed by atoms with van der Waals surface area (Å²) in [4.78, 5) is 69.9. The van der Waals surface area contributed by atoms with Gasteiger partial charge in [-0.15, -0.1) is 0 Å². The number of aromatic nitrogens is 4. The van der Waals surface area contributed by atoms with E-state index in [0.29, 0.717) is 9.13 Å². The van der Waals surface area contributed by atoms with Gasteiger partial charge < -0.3 is 59.5 Å².